The summed E-state index contributed by atoms with van der Waals surface area (Å²) < 4.78 is 7.44. The number of nitrogens with zero attached hydrogens (tertiary/aromatic N) is 5. The monoisotopic (exact) mass is 441 g/mol. The van der Waals surface area contributed by atoms with Crippen LogP contribution in [0.1, 0.15) is 24.4 Å². The lowest BCUT2D eigenvalue weighted by Crippen LogP contribution is -2.40. The van der Waals surface area contributed by atoms with Crippen molar-refractivity contribution in [2.24, 2.45) is 7.05 Å². The van der Waals surface area contributed by atoms with Crippen LogP contribution in [0, 0.1) is 13.8 Å². The fourth-order valence-electron chi connectivity index (χ4n) is 3.58. The summed E-state index contributed by atoms with van der Waals surface area (Å²) in [6.45, 7) is 9.43. The highest BCUT2D eigenvalue weighted by Gasteiger charge is 2.24. The molecule has 0 radical (unpaired) electrons. The van der Waals surface area contributed by atoms with Crippen molar-refractivity contribution in [2.75, 3.05) is 0 Å². The van der Waals surface area contributed by atoms with Crippen LogP contribution < -0.4 is 11.2 Å². The van der Waals surface area contributed by atoms with E-state index in [4.69, 9.17) is 0 Å². The van der Waals surface area contributed by atoms with Crippen LogP contribution in [0.25, 0.3) is 22.6 Å². The summed E-state index contributed by atoms with van der Waals surface area (Å²) in [5, 5.41) is 0. The van der Waals surface area contributed by atoms with Gasteiger partial charge >= 0.3 is 5.69 Å². The third kappa shape index (κ3) is 2.37. The van der Waals surface area contributed by atoms with E-state index in [-0.39, 0.29) is 5.56 Å². The Balaban J connectivity index is 2.21. The minimum absolute atomic E-state index is 0.367. The molecule has 0 spiro atoms. The van der Waals surface area contributed by atoms with Gasteiger partial charge in [0.05, 0.1) is 6.04 Å². The number of benzene rings is 1. The van der Waals surface area contributed by atoms with Gasteiger partial charge in [-0.2, -0.15) is 4.98 Å². The van der Waals surface area contributed by atoms with Crippen molar-refractivity contribution in [1.29, 1.82) is 0 Å². The first-order valence-electron chi connectivity index (χ1n) is 8.88. The lowest BCUT2D eigenvalue weighted by atomic mass is 10.3. The van der Waals surface area contributed by atoms with E-state index in [2.05, 4.69) is 27.5 Å². The largest absolute Gasteiger partial charge is 0.333 e. The van der Waals surface area contributed by atoms with Crippen molar-refractivity contribution in [1.82, 2.24) is 23.1 Å². The SMILES string of the molecule is C=CC(C)n1c(=O)c2c(nc3n(-c4ccc(Br)cc4)c(C)c(C)n23)n(C)c1=O. The maximum atomic E-state index is 13.3. The zero-order valence-electron chi connectivity index (χ0n) is 16.1. The highest BCUT2D eigenvalue weighted by atomic mass is 79.9. The predicted molar refractivity (Wildman–Crippen MR) is 114 cm³/mol. The van der Waals surface area contributed by atoms with Gasteiger partial charge in [0.1, 0.15) is 0 Å². The van der Waals surface area contributed by atoms with E-state index in [0.29, 0.717) is 16.9 Å². The third-order valence-electron chi connectivity index (χ3n) is 5.30. The summed E-state index contributed by atoms with van der Waals surface area (Å²) in [6, 6.07) is 7.45. The second kappa shape index (κ2) is 6.34. The first kappa shape index (κ1) is 18.5. The molecule has 1 unspecified atom stereocenters. The Bertz CT molecular complexity index is 1370. The number of fused-ring (bicyclic) bond motifs is 3. The molecule has 1 aromatic carbocycles. The highest BCUT2D eigenvalue weighted by molar-refractivity contribution is 9.10. The molecule has 0 aliphatic carbocycles. The third-order valence-corrected chi connectivity index (χ3v) is 5.83. The molecule has 0 saturated heterocycles. The molecule has 0 saturated carbocycles. The Labute approximate surface area is 169 Å². The van der Waals surface area contributed by atoms with Gasteiger partial charge in [0.2, 0.25) is 5.78 Å². The molecule has 1 atom stereocenters. The van der Waals surface area contributed by atoms with Crippen molar-refractivity contribution in [3.63, 3.8) is 0 Å². The molecule has 3 aromatic heterocycles. The molecule has 144 valence electrons. The average Bonchev–Trinajstić information content (AvgIpc) is 3.17. The van der Waals surface area contributed by atoms with Crippen molar-refractivity contribution in [3.05, 3.63) is 73.6 Å². The maximum absolute atomic E-state index is 13.3. The standard InChI is InChI=1S/C20H20BrN5O2/c1-6-11(2)24-18(27)16-17(23(5)20(24)28)22-19-25(12(3)13(4)26(16)19)15-9-7-14(21)8-10-15/h6-11H,1H2,2-5H3. The van der Waals surface area contributed by atoms with Gasteiger partial charge in [-0.15, -0.1) is 6.58 Å². The lowest BCUT2D eigenvalue weighted by Gasteiger charge is -2.11. The van der Waals surface area contributed by atoms with E-state index in [1.54, 1.807) is 20.0 Å². The Hall–Kier alpha value is -2.87. The van der Waals surface area contributed by atoms with Gasteiger partial charge in [0, 0.05) is 28.6 Å². The number of hydrogen-bond donors (Lipinski definition) is 0. The van der Waals surface area contributed by atoms with E-state index in [0.717, 1.165) is 21.5 Å². The number of imidazole rings is 2. The smallest absolute Gasteiger partial charge is 0.283 e. The van der Waals surface area contributed by atoms with Gasteiger partial charge in [0.15, 0.2) is 11.2 Å². The minimum atomic E-state index is -0.420. The number of aromatic nitrogens is 5. The van der Waals surface area contributed by atoms with E-state index in [9.17, 15) is 9.59 Å². The van der Waals surface area contributed by atoms with E-state index in [1.165, 1.54) is 9.13 Å². The van der Waals surface area contributed by atoms with Gasteiger partial charge < -0.3 is 0 Å². The second-order valence-corrected chi connectivity index (χ2v) is 7.81. The molecule has 4 rings (SSSR count). The van der Waals surface area contributed by atoms with Crippen LogP contribution in [0.3, 0.4) is 0 Å². The predicted octanol–water partition coefficient (Wildman–Crippen LogP) is 3.26. The van der Waals surface area contributed by atoms with Gasteiger partial charge in [-0.1, -0.05) is 22.0 Å². The number of rotatable bonds is 3. The molecule has 7 nitrogen and oxygen atoms in total. The molecule has 28 heavy (non-hydrogen) atoms. The topological polar surface area (TPSA) is 66.2 Å². The Kier molecular flexibility index (Phi) is 4.19. The molecule has 4 aromatic rings. The number of hydrogen-bond acceptors (Lipinski definition) is 3. The average molecular weight is 442 g/mol. The van der Waals surface area contributed by atoms with Crippen LogP contribution in [-0.4, -0.2) is 23.1 Å². The Morgan fingerprint density at radius 3 is 2.39 bits per heavy atom. The maximum Gasteiger partial charge on any atom is 0.333 e. The second-order valence-electron chi connectivity index (χ2n) is 6.90. The molecule has 0 bridgehead atoms. The summed E-state index contributed by atoms with van der Waals surface area (Å²) in [6.07, 6.45) is 1.58. The van der Waals surface area contributed by atoms with Crippen LogP contribution in [-0.2, 0) is 7.05 Å². The summed E-state index contributed by atoms with van der Waals surface area (Å²) in [5.41, 5.74) is 2.79. The van der Waals surface area contributed by atoms with Crippen molar-refractivity contribution in [3.8, 4) is 5.69 Å². The normalized spacial score (nSPS) is 12.8. The summed E-state index contributed by atoms with van der Waals surface area (Å²) in [7, 11) is 1.63. The molecule has 0 fully saturated rings. The van der Waals surface area contributed by atoms with Crippen LogP contribution in [0.15, 0.2) is 51.0 Å². The molecule has 3 heterocycles. The molecule has 0 N–H and O–H groups in total. The van der Waals surface area contributed by atoms with Gasteiger partial charge in [-0.3, -0.25) is 22.9 Å². The van der Waals surface area contributed by atoms with Crippen molar-refractivity contribution in [2.45, 2.75) is 26.8 Å². The molecule has 0 aliphatic heterocycles. The fourth-order valence-corrected chi connectivity index (χ4v) is 3.85. The van der Waals surface area contributed by atoms with Crippen LogP contribution in [0.2, 0.25) is 0 Å². The number of halogens is 1. The number of aryl methyl sites for hydroxylation is 2. The minimum Gasteiger partial charge on any atom is -0.283 e. The van der Waals surface area contributed by atoms with Crippen molar-refractivity contribution >= 4 is 32.9 Å². The zero-order valence-corrected chi connectivity index (χ0v) is 17.7. The van der Waals surface area contributed by atoms with Gasteiger partial charge in [-0.25, -0.2) is 4.79 Å². The first-order chi connectivity index (χ1) is 13.3. The first-order valence-corrected chi connectivity index (χ1v) is 9.67. The molecular weight excluding hydrogens is 422 g/mol. The summed E-state index contributed by atoms with van der Waals surface area (Å²) in [4.78, 5) is 30.7. The molecule has 8 heteroatoms. The van der Waals surface area contributed by atoms with Crippen LogP contribution >= 0.6 is 15.9 Å². The van der Waals surface area contributed by atoms with Gasteiger partial charge in [0.25, 0.3) is 5.56 Å². The number of allylic oxidation sites excluding steroid dienone is 1. The summed E-state index contributed by atoms with van der Waals surface area (Å²) >= 11 is 3.45. The van der Waals surface area contributed by atoms with E-state index >= 15 is 0 Å². The lowest BCUT2D eigenvalue weighted by molar-refractivity contribution is 0.574. The fraction of sp³-hybridized carbons (Fsp3) is 0.250. The van der Waals surface area contributed by atoms with Crippen LogP contribution in [0.4, 0.5) is 0 Å². The zero-order chi connectivity index (χ0) is 20.3. The Morgan fingerprint density at radius 1 is 1.14 bits per heavy atom. The van der Waals surface area contributed by atoms with E-state index < -0.39 is 11.7 Å². The van der Waals surface area contributed by atoms with Gasteiger partial charge in [-0.05, 0) is 45.0 Å². The van der Waals surface area contributed by atoms with Crippen molar-refractivity contribution < 1.29 is 0 Å². The quantitative estimate of drug-likeness (QED) is 0.458. The summed E-state index contributed by atoms with van der Waals surface area (Å²) in [5.74, 6) is 0.600. The van der Waals surface area contributed by atoms with E-state index in [1.807, 2.05) is 47.1 Å². The molecule has 0 amide bonds. The van der Waals surface area contributed by atoms with Crippen LogP contribution in [0.5, 0.6) is 0 Å². The molecule has 0 aliphatic rings. The molecular formula is C20H20BrN5O2. The Morgan fingerprint density at radius 2 is 1.79 bits per heavy atom. The highest BCUT2D eigenvalue weighted by Crippen LogP contribution is 2.25.